The molecule has 0 aliphatic heterocycles. The lowest BCUT2D eigenvalue weighted by Crippen LogP contribution is -2.49. The highest BCUT2D eigenvalue weighted by molar-refractivity contribution is 7.98. The van der Waals surface area contributed by atoms with Crippen molar-refractivity contribution in [3.63, 3.8) is 0 Å². The molecule has 3 rings (SSSR count). The summed E-state index contributed by atoms with van der Waals surface area (Å²) in [6, 6.07) is 14.7. The normalized spacial score (nSPS) is 11.8. The molecular weight excluding hydrogens is 406 g/mol. The topological polar surface area (TPSA) is 109 Å². The molecule has 0 aliphatic rings. The van der Waals surface area contributed by atoms with Crippen molar-refractivity contribution in [2.45, 2.75) is 12.5 Å². The number of hydrogen-bond donors (Lipinski definition) is 1. The summed E-state index contributed by atoms with van der Waals surface area (Å²) >= 11 is 1.48. The smallest absolute Gasteiger partial charge is 0.336 e. The molecule has 0 bridgehead atoms. The second-order valence-corrected chi connectivity index (χ2v) is 7.50. The highest BCUT2D eigenvalue weighted by Crippen LogP contribution is 2.29. The van der Waals surface area contributed by atoms with E-state index in [0.717, 1.165) is 16.5 Å². The number of amides is 1. The number of thioether (sulfide) groups is 1. The van der Waals surface area contributed by atoms with Gasteiger partial charge in [-0.3, -0.25) is 4.79 Å². The second kappa shape index (κ2) is 9.98. The number of hydrogen-bond acceptors (Lipinski definition) is 7. The summed E-state index contributed by atoms with van der Waals surface area (Å²) in [6.45, 7) is -0.378. The molecule has 0 radical (unpaired) electrons. The fraction of sp³-hybridized carbons (Fsp3) is 0.227. The first-order valence-corrected chi connectivity index (χ1v) is 10.6. The summed E-state index contributed by atoms with van der Waals surface area (Å²) in [5.74, 6) is -1.02. The first kappa shape index (κ1) is 21.4. The van der Waals surface area contributed by atoms with Gasteiger partial charge in [-0.2, -0.15) is 11.8 Å². The molecule has 0 aliphatic carbocycles. The molecule has 3 aromatic rings. The zero-order valence-corrected chi connectivity index (χ0v) is 17.1. The lowest BCUT2D eigenvalue weighted by atomic mass is 10.0. The zero-order chi connectivity index (χ0) is 21.5. The van der Waals surface area contributed by atoms with Crippen LogP contribution in [0.25, 0.3) is 22.1 Å². The van der Waals surface area contributed by atoms with Gasteiger partial charge in [-0.15, -0.1) is 0 Å². The minimum absolute atomic E-state index is 0.263. The van der Waals surface area contributed by atoms with E-state index in [0.29, 0.717) is 17.1 Å². The van der Waals surface area contributed by atoms with Gasteiger partial charge in [0, 0.05) is 17.5 Å². The van der Waals surface area contributed by atoms with Crippen molar-refractivity contribution in [2.24, 2.45) is 0 Å². The van der Waals surface area contributed by atoms with Crippen molar-refractivity contribution in [2.75, 3.05) is 18.6 Å². The summed E-state index contributed by atoms with van der Waals surface area (Å²) in [5, 5.41) is 14.2. The van der Waals surface area contributed by atoms with Gasteiger partial charge in [0.25, 0.3) is 5.91 Å². The molecule has 1 heterocycles. The molecule has 0 saturated heterocycles. The molecule has 0 saturated carbocycles. The summed E-state index contributed by atoms with van der Waals surface area (Å²) in [7, 11) is 0. The van der Waals surface area contributed by atoms with Gasteiger partial charge in [0.05, 0.1) is 12.0 Å². The summed E-state index contributed by atoms with van der Waals surface area (Å²) in [5.41, 5.74) is 1.44. The van der Waals surface area contributed by atoms with Gasteiger partial charge in [-0.05, 0) is 41.7 Å². The maximum Gasteiger partial charge on any atom is 0.336 e. The van der Waals surface area contributed by atoms with E-state index in [4.69, 9.17) is 9.15 Å². The third-order valence-electron chi connectivity index (χ3n) is 4.40. The van der Waals surface area contributed by atoms with Crippen LogP contribution < -0.4 is 20.8 Å². The van der Waals surface area contributed by atoms with Crippen LogP contribution >= 0.6 is 11.8 Å². The Morgan fingerprint density at radius 3 is 2.63 bits per heavy atom. The van der Waals surface area contributed by atoms with Gasteiger partial charge in [-0.1, -0.05) is 30.3 Å². The molecule has 7 nitrogen and oxygen atoms in total. The quantitative estimate of drug-likeness (QED) is 0.520. The van der Waals surface area contributed by atoms with Crippen molar-refractivity contribution < 1.29 is 23.8 Å². The maximum atomic E-state index is 12.0. The molecule has 1 N–H and O–H groups in total. The van der Waals surface area contributed by atoms with E-state index in [9.17, 15) is 19.5 Å². The number of carbonyl (C=O) groups excluding carboxylic acids is 2. The van der Waals surface area contributed by atoms with E-state index in [1.807, 2.05) is 36.6 Å². The third kappa shape index (κ3) is 5.42. The van der Waals surface area contributed by atoms with Gasteiger partial charge in [0.15, 0.2) is 6.61 Å². The molecule has 0 spiro atoms. The molecule has 8 heteroatoms. The minimum Gasteiger partial charge on any atom is -0.548 e. The summed E-state index contributed by atoms with van der Waals surface area (Å²) < 4.78 is 10.7. The van der Waals surface area contributed by atoms with E-state index in [1.165, 1.54) is 23.9 Å². The van der Waals surface area contributed by atoms with Gasteiger partial charge < -0.3 is 24.4 Å². The standard InChI is InChI=1S/C22H21NO6S/c1-30-10-9-18(22(26)27)23-20(24)13-28-15-7-8-16-17(14-5-3-2-4-6-14)12-21(25)29-19(16)11-15/h2-8,11-12,18H,9-10,13H2,1H3,(H,23,24)(H,26,27)/p-1/t18-/m1/s1. The Kier molecular flexibility index (Phi) is 7.13. The Hall–Kier alpha value is -3.26. The number of nitrogens with one attached hydrogen (secondary N) is 1. The van der Waals surface area contributed by atoms with Gasteiger partial charge in [-0.25, -0.2) is 4.79 Å². The Labute approximate surface area is 177 Å². The number of rotatable bonds is 9. The summed E-state index contributed by atoms with van der Waals surface area (Å²) in [4.78, 5) is 35.2. The highest BCUT2D eigenvalue weighted by atomic mass is 32.2. The average molecular weight is 426 g/mol. The molecule has 1 atom stereocenters. The Morgan fingerprint density at radius 2 is 1.93 bits per heavy atom. The number of carboxylic acids is 1. The van der Waals surface area contributed by atoms with Crippen molar-refractivity contribution in [3.8, 4) is 16.9 Å². The number of aliphatic carboxylic acids is 1. The van der Waals surface area contributed by atoms with Crippen molar-refractivity contribution in [3.05, 3.63) is 65.0 Å². The lowest BCUT2D eigenvalue weighted by molar-refractivity contribution is -0.308. The van der Waals surface area contributed by atoms with E-state index < -0.39 is 23.5 Å². The zero-order valence-electron chi connectivity index (χ0n) is 16.3. The number of ether oxygens (including phenoxy) is 1. The maximum absolute atomic E-state index is 12.0. The first-order chi connectivity index (χ1) is 14.5. The number of fused-ring (bicyclic) bond motifs is 1. The molecular formula is C22H20NO6S-. The molecule has 30 heavy (non-hydrogen) atoms. The van der Waals surface area contributed by atoms with Crippen LogP contribution in [0.4, 0.5) is 0 Å². The van der Waals surface area contributed by atoms with Crippen LogP contribution in [0.3, 0.4) is 0 Å². The Morgan fingerprint density at radius 1 is 1.17 bits per heavy atom. The number of carbonyl (C=O) groups is 2. The average Bonchev–Trinajstić information content (AvgIpc) is 2.74. The minimum atomic E-state index is -1.33. The predicted molar refractivity (Wildman–Crippen MR) is 113 cm³/mol. The van der Waals surface area contributed by atoms with Crippen LogP contribution in [0, 0.1) is 0 Å². The lowest BCUT2D eigenvalue weighted by Gasteiger charge is -2.19. The van der Waals surface area contributed by atoms with E-state index in [-0.39, 0.29) is 13.0 Å². The highest BCUT2D eigenvalue weighted by Gasteiger charge is 2.14. The molecule has 0 unspecified atom stereocenters. The molecule has 2 aromatic carbocycles. The van der Waals surface area contributed by atoms with E-state index in [1.54, 1.807) is 12.1 Å². The van der Waals surface area contributed by atoms with Crippen LogP contribution in [0.2, 0.25) is 0 Å². The summed E-state index contributed by atoms with van der Waals surface area (Å²) in [6.07, 6.45) is 2.11. The fourth-order valence-electron chi connectivity index (χ4n) is 2.96. The molecule has 156 valence electrons. The fourth-order valence-corrected chi connectivity index (χ4v) is 3.43. The van der Waals surface area contributed by atoms with Gasteiger partial charge in [0.1, 0.15) is 11.3 Å². The number of benzene rings is 2. The SMILES string of the molecule is CSCC[C@@H](NC(=O)COc1ccc2c(-c3ccccc3)cc(=O)oc2c1)C(=O)[O-]. The Balaban J connectivity index is 1.74. The number of carboxylic acid groups (broad SMARTS) is 1. The Bertz CT molecular complexity index is 1100. The van der Waals surface area contributed by atoms with Crippen LogP contribution in [0.15, 0.2) is 63.8 Å². The largest absolute Gasteiger partial charge is 0.548 e. The van der Waals surface area contributed by atoms with Crippen molar-refractivity contribution >= 4 is 34.6 Å². The molecule has 1 aromatic heterocycles. The monoisotopic (exact) mass is 426 g/mol. The van der Waals surface area contributed by atoms with Crippen molar-refractivity contribution in [1.82, 2.24) is 5.32 Å². The van der Waals surface area contributed by atoms with Gasteiger partial charge >= 0.3 is 5.63 Å². The van der Waals surface area contributed by atoms with Crippen LogP contribution in [-0.4, -0.2) is 36.5 Å². The van der Waals surface area contributed by atoms with Crippen LogP contribution in [0.1, 0.15) is 6.42 Å². The van der Waals surface area contributed by atoms with Crippen LogP contribution in [-0.2, 0) is 9.59 Å². The van der Waals surface area contributed by atoms with E-state index in [2.05, 4.69) is 5.32 Å². The van der Waals surface area contributed by atoms with Crippen LogP contribution in [0.5, 0.6) is 5.75 Å². The van der Waals surface area contributed by atoms with Gasteiger partial charge in [0.2, 0.25) is 0 Å². The second-order valence-electron chi connectivity index (χ2n) is 6.51. The third-order valence-corrected chi connectivity index (χ3v) is 5.05. The van der Waals surface area contributed by atoms with Crippen molar-refractivity contribution in [1.29, 1.82) is 0 Å². The first-order valence-electron chi connectivity index (χ1n) is 9.23. The molecule has 1 amide bonds. The molecule has 0 fully saturated rings. The van der Waals surface area contributed by atoms with E-state index >= 15 is 0 Å². The predicted octanol–water partition coefficient (Wildman–Crippen LogP) is 1.83.